The van der Waals surface area contributed by atoms with Gasteiger partial charge in [-0.15, -0.1) is 0 Å². The Hall–Kier alpha value is -6.90. The number of anilines is 1. The van der Waals surface area contributed by atoms with Crippen LogP contribution in [0.4, 0.5) is 22.7 Å². The Kier molecular flexibility index (Phi) is 45.9. The van der Waals surface area contributed by atoms with E-state index in [1.807, 2.05) is 20.8 Å². The van der Waals surface area contributed by atoms with Crippen LogP contribution in [0, 0.1) is 37.8 Å². The molecule has 0 bridgehead atoms. The zero-order valence-electron chi connectivity index (χ0n) is 40.6. The van der Waals surface area contributed by atoms with E-state index in [2.05, 4.69) is 9.47 Å². The van der Waals surface area contributed by atoms with Gasteiger partial charge < -0.3 is 67.9 Å². The number of aromatic hydroxyl groups is 1. The van der Waals surface area contributed by atoms with Gasteiger partial charge in [-0.1, -0.05) is 20.8 Å². The SMILES string of the molecule is CCCOc1ccc(N)cc1C(=O)O.CCCOc1ccc([N+](=O)[O-])cc1C(=O)O.CCCOc1ccc([N+](=O)[O-])cc1C(=O)OC.CCO.CCO.COC(=O)c1cc([N+](=O)[O-])ccc1O.[CH3-].[Li+].[OH-].[Pd]. The molecule has 4 rings (SSSR count). The molecule has 0 heterocycles. The molecule has 0 aromatic heterocycles. The number of carbonyl (C=O) groups excluding carboxylic acids is 2. The van der Waals surface area contributed by atoms with Crippen molar-refractivity contribution in [2.45, 2.75) is 53.9 Å². The molecule has 0 saturated heterocycles. The minimum atomic E-state index is -1.24. The fourth-order valence-electron chi connectivity index (χ4n) is 4.34. The van der Waals surface area contributed by atoms with E-state index >= 15 is 0 Å². The third-order valence-electron chi connectivity index (χ3n) is 7.20. The van der Waals surface area contributed by atoms with Crippen LogP contribution in [-0.4, -0.2) is 117 Å². The Balaban J connectivity index is -0.000000188. The molecule has 71 heavy (non-hydrogen) atoms. The van der Waals surface area contributed by atoms with E-state index in [-0.39, 0.29) is 116 Å². The molecule has 0 amide bonds. The minimum Gasteiger partial charge on any atom is -0.870 e. The molecule has 4 aromatic rings. The van der Waals surface area contributed by atoms with Crippen molar-refractivity contribution in [2.24, 2.45) is 0 Å². The number of esters is 2. The van der Waals surface area contributed by atoms with E-state index in [9.17, 15) is 54.6 Å². The van der Waals surface area contributed by atoms with Crippen LogP contribution in [0.3, 0.4) is 0 Å². The third kappa shape index (κ3) is 29.7. The van der Waals surface area contributed by atoms with Gasteiger partial charge in [-0.3, -0.25) is 30.3 Å². The summed E-state index contributed by atoms with van der Waals surface area (Å²) in [6.45, 7) is 10.9. The van der Waals surface area contributed by atoms with Crippen molar-refractivity contribution in [1.82, 2.24) is 0 Å². The second-order valence-corrected chi connectivity index (χ2v) is 12.4. The number of aliphatic hydroxyl groups excluding tert-OH is 2. The topological polar surface area (TPSA) is 401 Å². The van der Waals surface area contributed by atoms with Crippen molar-refractivity contribution in [1.29, 1.82) is 0 Å². The number of carboxylic acid groups (broad SMARTS) is 2. The molecule has 0 saturated carbocycles. The first-order valence-electron chi connectivity index (χ1n) is 19.9. The van der Waals surface area contributed by atoms with Crippen LogP contribution in [-0.2, 0) is 29.9 Å². The fourth-order valence-corrected chi connectivity index (χ4v) is 4.34. The summed E-state index contributed by atoms with van der Waals surface area (Å²) >= 11 is 0. The molecule has 394 valence electrons. The molecule has 8 N–H and O–H groups in total. The molecule has 0 radical (unpaired) electrons. The largest absolute Gasteiger partial charge is 1.00 e. The summed E-state index contributed by atoms with van der Waals surface area (Å²) in [6, 6.07) is 15.1. The summed E-state index contributed by atoms with van der Waals surface area (Å²) < 4.78 is 24.6. The van der Waals surface area contributed by atoms with Gasteiger partial charge in [0.05, 0.1) is 48.8 Å². The van der Waals surface area contributed by atoms with Gasteiger partial charge in [-0.05, 0) is 69.5 Å². The van der Waals surface area contributed by atoms with Gasteiger partial charge in [-0.2, -0.15) is 0 Å². The Labute approximate surface area is 435 Å². The van der Waals surface area contributed by atoms with Crippen molar-refractivity contribution in [3.05, 3.63) is 133 Å². The molecule has 0 aliphatic heterocycles. The molecule has 27 heteroatoms. The maximum Gasteiger partial charge on any atom is 1.00 e. The van der Waals surface area contributed by atoms with Crippen LogP contribution in [0.1, 0.15) is 95.3 Å². The Morgan fingerprint density at radius 1 is 0.549 bits per heavy atom. The summed E-state index contributed by atoms with van der Waals surface area (Å²) in [7, 11) is 2.34. The van der Waals surface area contributed by atoms with Gasteiger partial charge in [-0.25, -0.2) is 19.2 Å². The number of carboxylic acids is 2. The van der Waals surface area contributed by atoms with Crippen LogP contribution >= 0.6 is 0 Å². The fraction of sp³-hybridized carbons (Fsp3) is 0.341. The number of carbonyl (C=O) groups is 4. The van der Waals surface area contributed by atoms with E-state index < -0.39 is 38.6 Å². The number of aliphatic hydroxyl groups is 2. The van der Waals surface area contributed by atoms with E-state index in [4.69, 9.17) is 40.4 Å². The first kappa shape index (κ1) is 75.6. The summed E-state index contributed by atoms with van der Waals surface area (Å²) in [5, 5.41) is 73.5. The molecular weight excluding hydrogens is 1030 g/mol. The average molecular weight is 1090 g/mol. The number of aromatic carboxylic acids is 2. The average Bonchev–Trinajstić information content (AvgIpc) is 3.30. The number of benzene rings is 4. The quantitative estimate of drug-likeness (QED) is 0.0226. The standard InChI is InChI=1S/C11H13NO5.C10H11NO5.C10H13NO3.C8H7NO5.2C2H6O.CH3.Li.H2O.Pd/c1-3-6-17-10-5-4-8(12(14)15)7-9(10)11(13)16-2;1-2-5-16-9-4-3-7(11(14)15)6-8(9)10(12)13;1-2-5-14-9-4-3-7(11)6-8(9)10(12)13;1-14-8(11)6-4-5(9(12)13)2-3-7(6)10;2*1-2-3;;;;/h4-5,7H,3,6H2,1-2H3;3-4,6H,2,5H2,1H3,(H,12,13);3-4,6H,2,5,11H2,1H3,(H,12,13);2-4,10H,1H3;2*3H,2H2,1H3;1H3;;1H2;/q;;;;;;-1;+1;;/p-1. The first-order valence-corrected chi connectivity index (χ1v) is 19.9. The van der Waals surface area contributed by atoms with Gasteiger partial charge in [0.25, 0.3) is 17.1 Å². The number of phenols is 1. The maximum atomic E-state index is 11.4. The number of non-ortho nitro benzene ring substituents is 3. The summed E-state index contributed by atoms with van der Waals surface area (Å²) in [5.41, 5.74) is 4.95. The zero-order valence-corrected chi connectivity index (χ0v) is 42.2. The van der Waals surface area contributed by atoms with Crippen molar-refractivity contribution in [3.63, 3.8) is 0 Å². The van der Waals surface area contributed by atoms with E-state index in [1.165, 1.54) is 37.4 Å². The van der Waals surface area contributed by atoms with Gasteiger partial charge in [0, 0.05) is 75.7 Å². The number of nitro groups is 3. The maximum absolute atomic E-state index is 11.4. The summed E-state index contributed by atoms with van der Waals surface area (Å²) in [4.78, 5) is 73.7. The number of nitrogen functional groups attached to an aromatic ring is 1. The number of phenolic OH excluding ortho intramolecular Hbond substituents is 1. The number of rotatable bonds is 16. The van der Waals surface area contributed by atoms with Crippen molar-refractivity contribution in [3.8, 4) is 23.0 Å². The number of methoxy groups -OCH3 is 2. The molecule has 4 aromatic carbocycles. The molecule has 0 unspecified atom stereocenters. The van der Waals surface area contributed by atoms with Gasteiger partial charge in [0.2, 0.25) is 0 Å². The number of hydrogen-bond acceptors (Lipinski definition) is 20. The number of ether oxygens (including phenoxy) is 5. The Bertz CT molecular complexity index is 2230. The monoisotopic (exact) mass is 1090 g/mol. The predicted octanol–water partition coefficient (Wildman–Crippen LogP) is 4.37. The number of nitrogens with zero attached hydrogens (tertiary/aromatic N) is 3. The van der Waals surface area contributed by atoms with Crippen molar-refractivity contribution in [2.75, 3.05) is 53.0 Å². The molecule has 0 atom stereocenters. The smallest absolute Gasteiger partial charge is 0.870 e. The van der Waals surface area contributed by atoms with E-state index in [1.54, 1.807) is 26.0 Å². The molecule has 0 aliphatic carbocycles. The predicted molar refractivity (Wildman–Crippen MR) is 250 cm³/mol. The van der Waals surface area contributed by atoms with Crippen LogP contribution < -0.4 is 38.8 Å². The summed E-state index contributed by atoms with van der Waals surface area (Å²) in [5.74, 6) is -3.26. The Morgan fingerprint density at radius 3 is 1.15 bits per heavy atom. The van der Waals surface area contributed by atoms with Gasteiger partial charge in [0.1, 0.15) is 45.3 Å². The third-order valence-corrected chi connectivity index (χ3v) is 7.20. The minimum absolute atomic E-state index is 0. The van der Waals surface area contributed by atoms with Crippen LogP contribution in [0.15, 0.2) is 72.8 Å². The van der Waals surface area contributed by atoms with E-state index in [0.29, 0.717) is 37.0 Å². The van der Waals surface area contributed by atoms with Crippen molar-refractivity contribution >= 4 is 46.6 Å². The second kappa shape index (κ2) is 43.1. The summed E-state index contributed by atoms with van der Waals surface area (Å²) in [6.07, 6.45) is 2.34. The van der Waals surface area contributed by atoms with Crippen molar-refractivity contribution < 1.29 is 128 Å². The zero-order chi connectivity index (χ0) is 51.6. The van der Waals surface area contributed by atoms with Crippen LogP contribution in [0.2, 0.25) is 0 Å². The molecule has 0 spiro atoms. The number of hydrogen-bond donors (Lipinski definition) is 6. The van der Waals surface area contributed by atoms with Gasteiger partial charge >= 0.3 is 42.7 Å². The number of nitrogens with two attached hydrogens (primary N) is 1. The second-order valence-electron chi connectivity index (χ2n) is 12.4. The van der Waals surface area contributed by atoms with Gasteiger partial charge in [0.15, 0.2) is 0 Å². The molecule has 0 aliphatic rings. The molecule has 25 nitrogen and oxygen atoms in total. The normalized spacial score (nSPS) is 8.86. The van der Waals surface area contributed by atoms with Crippen LogP contribution in [0.5, 0.6) is 23.0 Å². The number of nitro benzene ring substituents is 3. The van der Waals surface area contributed by atoms with Crippen LogP contribution in [0.25, 0.3) is 0 Å². The van der Waals surface area contributed by atoms with E-state index in [0.717, 1.165) is 56.7 Å². The molecule has 0 fully saturated rings. The Morgan fingerprint density at radius 2 is 0.831 bits per heavy atom. The molecular formula is C44H60LiN4O21Pd-. The first-order chi connectivity index (χ1) is 31.7.